The maximum absolute atomic E-state index is 6.30. The summed E-state index contributed by atoms with van der Waals surface area (Å²) in [5.41, 5.74) is 11.3. The summed E-state index contributed by atoms with van der Waals surface area (Å²) < 4.78 is 6.30. The molecule has 0 spiro atoms. The van der Waals surface area contributed by atoms with E-state index in [1.165, 1.54) is 32.9 Å². The number of hydrogen-bond donors (Lipinski definition) is 0. The van der Waals surface area contributed by atoms with E-state index in [2.05, 4.69) is 95.9 Å². The van der Waals surface area contributed by atoms with E-state index < -0.39 is 0 Å². The molecular weight excluding hydrogens is 501 g/mol. The molecule has 7 aromatic rings. The maximum Gasteiger partial charge on any atom is 0.243 e. The van der Waals surface area contributed by atoms with Gasteiger partial charge in [-0.05, 0) is 65.0 Å². The van der Waals surface area contributed by atoms with Crippen LogP contribution in [0.5, 0.6) is 11.5 Å². The Morgan fingerprint density at radius 3 is 2.12 bits per heavy atom. The van der Waals surface area contributed by atoms with Gasteiger partial charge in [-0.15, -0.1) is 0 Å². The predicted molar refractivity (Wildman–Crippen MR) is 168 cm³/mol. The van der Waals surface area contributed by atoms with Crippen LogP contribution in [0.4, 0.5) is 17.1 Å². The Morgan fingerprint density at radius 1 is 0.512 bits per heavy atom. The first kappa shape index (κ1) is 22.4. The van der Waals surface area contributed by atoms with Crippen molar-refractivity contribution in [2.75, 3.05) is 4.90 Å². The molecule has 0 aliphatic carbocycles. The van der Waals surface area contributed by atoms with Crippen molar-refractivity contribution >= 4 is 62.0 Å². The highest BCUT2D eigenvalue weighted by atomic mass is 16.5. The second kappa shape index (κ2) is 8.54. The molecule has 2 aromatic heterocycles. The number of aromatic nitrogens is 2. The van der Waals surface area contributed by atoms with Crippen molar-refractivity contribution in [3.8, 4) is 22.6 Å². The second-order valence-electron chi connectivity index (χ2n) is 10.6. The van der Waals surface area contributed by atoms with Crippen molar-refractivity contribution in [1.82, 2.24) is 9.97 Å². The molecule has 190 valence electrons. The number of para-hydroxylation sites is 4. The molecule has 41 heavy (non-hydrogen) atoms. The van der Waals surface area contributed by atoms with Crippen molar-refractivity contribution in [2.45, 2.75) is 0 Å². The van der Waals surface area contributed by atoms with Crippen molar-refractivity contribution in [1.29, 1.82) is 0 Å². The summed E-state index contributed by atoms with van der Waals surface area (Å²) in [5, 5.41) is 2.37. The van der Waals surface area contributed by atoms with Crippen molar-refractivity contribution in [2.24, 2.45) is 0 Å². The van der Waals surface area contributed by atoms with Gasteiger partial charge in [0.25, 0.3) is 0 Å². The van der Waals surface area contributed by atoms with Crippen LogP contribution in [0.15, 0.2) is 134 Å². The fraction of sp³-hybridized carbons (Fsp3) is 0. The summed E-state index contributed by atoms with van der Waals surface area (Å²) in [4.78, 5) is 12.0. The average Bonchev–Trinajstić information content (AvgIpc) is 3.04. The molecule has 2 aliphatic rings. The summed E-state index contributed by atoms with van der Waals surface area (Å²) in [6.45, 7) is 0.0524. The highest BCUT2D eigenvalue weighted by Crippen LogP contribution is 2.51. The summed E-state index contributed by atoms with van der Waals surface area (Å²) in [7, 11) is 0. The molecule has 0 saturated heterocycles. The van der Waals surface area contributed by atoms with E-state index in [4.69, 9.17) is 14.7 Å². The Morgan fingerprint density at radius 2 is 1.27 bits per heavy atom. The molecule has 0 bridgehead atoms. The molecule has 0 fully saturated rings. The minimum atomic E-state index is 0.0524. The van der Waals surface area contributed by atoms with E-state index in [0.717, 1.165) is 45.0 Å². The van der Waals surface area contributed by atoms with E-state index in [0.29, 0.717) is 0 Å². The number of benzene rings is 5. The maximum atomic E-state index is 6.30. The molecule has 5 aromatic carbocycles. The topological polar surface area (TPSA) is 38.2 Å². The van der Waals surface area contributed by atoms with Crippen LogP contribution in [0.3, 0.4) is 0 Å². The lowest BCUT2D eigenvalue weighted by atomic mass is 9.33. The quantitative estimate of drug-likeness (QED) is 0.232. The molecule has 2 aliphatic heterocycles. The normalized spacial score (nSPS) is 13.0. The largest absolute Gasteiger partial charge is 0.453 e. The zero-order valence-electron chi connectivity index (χ0n) is 22.0. The lowest BCUT2D eigenvalue weighted by Gasteiger charge is -2.34. The highest BCUT2D eigenvalue weighted by molar-refractivity contribution is 6.99. The lowest BCUT2D eigenvalue weighted by molar-refractivity contribution is 0.477. The number of rotatable bonds is 2. The third-order valence-electron chi connectivity index (χ3n) is 8.44. The third kappa shape index (κ3) is 3.17. The zero-order valence-corrected chi connectivity index (χ0v) is 22.0. The first-order valence-electron chi connectivity index (χ1n) is 13.9. The Labute approximate surface area is 237 Å². The van der Waals surface area contributed by atoms with Gasteiger partial charge in [-0.3, -0.25) is 9.97 Å². The Bertz CT molecular complexity index is 2120. The second-order valence-corrected chi connectivity index (χ2v) is 10.6. The van der Waals surface area contributed by atoms with Gasteiger partial charge in [-0.1, -0.05) is 89.2 Å². The molecule has 0 atom stereocenters. The van der Waals surface area contributed by atoms with E-state index in [9.17, 15) is 0 Å². The van der Waals surface area contributed by atoms with Crippen molar-refractivity contribution in [3.63, 3.8) is 0 Å². The van der Waals surface area contributed by atoms with Crippen LogP contribution in [0.1, 0.15) is 0 Å². The highest BCUT2D eigenvalue weighted by Gasteiger charge is 2.34. The molecule has 5 heteroatoms. The first-order valence-corrected chi connectivity index (χ1v) is 13.9. The SMILES string of the molecule is c1ccc2c(c1)Oc1ccccc1N2c1ccc(B2c3ccccc3-c3ccnc4cccc2c34)c2cccnc12. The predicted octanol–water partition coefficient (Wildman–Crippen LogP) is 6.86. The van der Waals surface area contributed by atoms with Gasteiger partial charge in [0.15, 0.2) is 11.5 Å². The van der Waals surface area contributed by atoms with Gasteiger partial charge < -0.3 is 9.64 Å². The fourth-order valence-corrected chi connectivity index (χ4v) is 6.77. The van der Waals surface area contributed by atoms with Gasteiger partial charge in [0, 0.05) is 17.8 Å². The summed E-state index contributed by atoms with van der Waals surface area (Å²) >= 11 is 0. The molecule has 4 heterocycles. The lowest BCUT2D eigenvalue weighted by Crippen LogP contribution is -2.55. The summed E-state index contributed by atoms with van der Waals surface area (Å²) in [5.74, 6) is 1.66. The molecular formula is C36H22BN3O. The van der Waals surface area contributed by atoms with E-state index in [-0.39, 0.29) is 6.71 Å². The van der Waals surface area contributed by atoms with Crippen LogP contribution < -0.4 is 26.0 Å². The smallest absolute Gasteiger partial charge is 0.243 e. The molecule has 0 unspecified atom stereocenters. The third-order valence-corrected chi connectivity index (χ3v) is 8.44. The van der Waals surface area contributed by atoms with Gasteiger partial charge >= 0.3 is 0 Å². The minimum absolute atomic E-state index is 0.0524. The number of pyridine rings is 2. The van der Waals surface area contributed by atoms with Crippen LogP contribution >= 0.6 is 0 Å². The van der Waals surface area contributed by atoms with Gasteiger partial charge in [0.2, 0.25) is 6.71 Å². The number of hydrogen-bond acceptors (Lipinski definition) is 4. The van der Waals surface area contributed by atoms with Gasteiger partial charge in [0.05, 0.1) is 28.1 Å². The monoisotopic (exact) mass is 523 g/mol. The van der Waals surface area contributed by atoms with Gasteiger partial charge in [-0.25, -0.2) is 0 Å². The van der Waals surface area contributed by atoms with Crippen molar-refractivity contribution in [3.05, 3.63) is 134 Å². The molecule has 9 rings (SSSR count). The number of anilines is 3. The van der Waals surface area contributed by atoms with Gasteiger partial charge in [-0.2, -0.15) is 0 Å². The fourth-order valence-electron chi connectivity index (χ4n) is 6.77. The van der Waals surface area contributed by atoms with Crippen LogP contribution in [0.25, 0.3) is 32.9 Å². The van der Waals surface area contributed by atoms with Crippen molar-refractivity contribution < 1.29 is 4.74 Å². The van der Waals surface area contributed by atoms with E-state index in [1.807, 2.05) is 42.7 Å². The number of nitrogens with zero attached hydrogens (tertiary/aromatic N) is 3. The molecule has 0 saturated carbocycles. The van der Waals surface area contributed by atoms with Crippen LogP contribution in [-0.2, 0) is 0 Å². The van der Waals surface area contributed by atoms with Crippen LogP contribution in [-0.4, -0.2) is 16.7 Å². The first-order chi connectivity index (χ1) is 20.4. The van der Waals surface area contributed by atoms with Crippen LogP contribution in [0, 0.1) is 0 Å². The number of ether oxygens (including phenoxy) is 1. The van der Waals surface area contributed by atoms with Crippen LogP contribution in [0.2, 0.25) is 0 Å². The summed E-state index contributed by atoms with van der Waals surface area (Å²) in [6.07, 6.45) is 3.81. The standard InChI is InChI=1S/C36H22BN3O/c1-2-11-26-23(9-1)24-20-22-38-29-13-7-12-28(35(24)29)37(26)27-18-19-32(36-25(27)10-8-21-39-36)40-30-14-3-5-16-33(30)41-34-17-6-4-15-31(34)40/h1-22H. The Hall–Kier alpha value is -5.42. The molecule has 0 amide bonds. The Kier molecular flexibility index (Phi) is 4.67. The zero-order chi connectivity index (χ0) is 26.9. The van der Waals surface area contributed by atoms with E-state index >= 15 is 0 Å². The average molecular weight is 523 g/mol. The Balaban J connectivity index is 1.33. The van der Waals surface area contributed by atoms with E-state index in [1.54, 1.807) is 0 Å². The summed E-state index contributed by atoms with van der Waals surface area (Å²) in [6, 6.07) is 42.6. The molecule has 4 nitrogen and oxygen atoms in total. The van der Waals surface area contributed by atoms with Gasteiger partial charge in [0.1, 0.15) is 0 Å². The minimum Gasteiger partial charge on any atom is -0.453 e. The molecule has 0 N–H and O–H groups in total. The number of fused-ring (bicyclic) bond motifs is 5. The molecule has 0 radical (unpaired) electrons.